The summed E-state index contributed by atoms with van der Waals surface area (Å²) in [6, 6.07) is 10.0. The van der Waals surface area contributed by atoms with Crippen molar-refractivity contribution in [2.45, 2.75) is 13.0 Å². The molecule has 0 saturated heterocycles. The Morgan fingerprint density at radius 3 is 2.76 bits per heavy atom. The lowest BCUT2D eigenvalue weighted by Gasteiger charge is -2.26. The third kappa shape index (κ3) is 2.53. The van der Waals surface area contributed by atoms with Gasteiger partial charge in [-0.3, -0.25) is 0 Å². The van der Waals surface area contributed by atoms with E-state index in [9.17, 15) is 0 Å². The van der Waals surface area contributed by atoms with E-state index < -0.39 is 0 Å². The number of hydrogen-bond acceptors (Lipinski definition) is 4. The van der Waals surface area contributed by atoms with Crippen LogP contribution in [0.4, 0.5) is 11.5 Å². The zero-order chi connectivity index (χ0) is 12.3. The fourth-order valence-electron chi connectivity index (χ4n) is 1.73. The summed E-state index contributed by atoms with van der Waals surface area (Å²) in [6.07, 6.45) is 3.29. The van der Waals surface area contributed by atoms with Crippen molar-refractivity contribution in [2.24, 2.45) is 0 Å². The van der Waals surface area contributed by atoms with Crippen LogP contribution < -0.4 is 10.6 Å². The molecule has 4 heteroatoms. The standard InChI is InChI=1S/C13H16N4/c1-10(11-4-3-5-12(14)8-11)17(2)13-6-7-15-9-16-13/h3-10H,14H2,1-2H3. The van der Waals surface area contributed by atoms with E-state index in [4.69, 9.17) is 5.73 Å². The Balaban J connectivity index is 2.23. The van der Waals surface area contributed by atoms with Crippen LogP contribution in [0.5, 0.6) is 0 Å². The second kappa shape index (κ2) is 4.82. The van der Waals surface area contributed by atoms with Crippen molar-refractivity contribution >= 4 is 11.5 Å². The minimum Gasteiger partial charge on any atom is -0.399 e. The van der Waals surface area contributed by atoms with E-state index in [-0.39, 0.29) is 6.04 Å². The van der Waals surface area contributed by atoms with Gasteiger partial charge in [-0.2, -0.15) is 0 Å². The molecule has 0 aliphatic carbocycles. The first-order valence-corrected chi connectivity index (χ1v) is 5.53. The highest BCUT2D eigenvalue weighted by Crippen LogP contribution is 2.24. The van der Waals surface area contributed by atoms with Gasteiger partial charge in [0.2, 0.25) is 0 Å². The van der Waals surface area contributed by atoms with E-state index in [0.29, 0.717) is 0 Å². The average Bonchev–Trinajstić information content (AvgIpc) is 2.38. The summed E-state index contributed by atoms with van der Waals surface area (Å²) >= 11 is 0. The molecule has 0 aliphatic heterocycles. The Bertz CT molecular complexity index is 484. The number of anilines is 2. The third-order valence-electron chi connectivity index (χ3n) is 2.90. The first kappa shape index (κ1) is 11.4. The molecule has 0 spiro atoms. The Morgan fingerprint density at radius 1 is 1.29 bits per heavy atom. The zero-order valence-electron chi connectivity index (χ0n) is 10.0. The summed E-state index contributed by atoms with van der Waals surface area (Å²) in [4.78, 5) is 10.2. The van der Waals surface area contributed by atoms with E-state index >= 15 is 0 Å². The number of nitrogens with two attached hydrogens (primary N) is 1. The van der Waals surface area contributed by atoms with E-state index in [2.05, 4.69) is 27.9 Å². The molecule has 1 aromatic carbocycles. The van der Waals surface area contributed by atoms with E-state index in [1.165, 1.54) is 5.56 Å². The molecule has 1 unspecified atom stereocenters. The molecule has 1 atom stereocenters. The van der Waals surface area contributed by atoms with Gasteiger partial charge in [-0.1, -0.05) is 12.1 Å². The normalized spacial score (nSPS) is 12.1. The van der Waals surface area contributed by atoms with Gasteiger partial charge in [0.1, 0.15) is 12.1 Å². The maximum absolute atomic E-state index is 5.79. The SMILES string of the molecule is CC(c1cccc(N)c1)N(C)c1ccncn1. The van der Waals surface area contributed by atoms with Crippen LogP contribution in [-0.2, 0) is 0 Å². The minimum atomic E-state index is 0.216. The van der Waals surface area contributed by atoms with Crippen LogP contribution in [0.3, 0.4) is 0 Å². The fraction of sp³-hybridized carbons (Fsp3) is 0.231. The largest absolute Gasteiger partial charge is 0.399 e. The first-order chi connectivity index (χ1) is 8.18. The van der Waals surface area contributed by atoms with Gasteiger partial charge in [-0.25, -0.2) is 9.97 Å². The van der Waals surface area contributed by atoms with E-state index in [1.54, 1.807) is 12.5 Å². The second-order valence-corrected chi connectivity index (χ2v) is 4.02. The molecule has 0 amide bonds. The minimum absolute atomic E-state index is 0.216. The van der Waals surface area contributed by atoms with Crippen molar-refractivity contribution in [1.29, 1.82) is 0 Å². The van der Waals surface area contributed by atoms with Gasteiger partial charge < -0.3 is 10.6 Å². The molecule has 17 heavy (non-hydrogen) atoms. The van der Waals surface area contributed by atoms with Crippen molar-refractivity contribution in [2.75, 3.05) is 17.7 Å². The van der Waals surface area contributed by atoms with Crippen molar-refractivity contribution in [3.05, 3.63) is 48.4 Å². The molecule has 88 valence electrons. The molecule has 0 bridgehead atoms. The highest BCUT2D eigenvalue weighted by molar-refractivity contribution is 5.45. The maximum Gasteiger partial charge on any atom is 0.132 e. The molecule has 0 radical (unpaired) electrons. The number of rotatable bonds is 3. The lowest BCUT2D eigenvalue weighted by molar-refractivity contribution is 0.727. The number of hydrogen-bond donors (Lipinski definition) is 1. The second-order valence-electron chi connectivity index (χ2n) is 4.02. The summed E-state index contributed by atoms with van der Waals surface area (Å²) in [6.45, 7) is 2.12. The van der Waals surface area contributed by atoms with Crippen molar-refractivity contribution in [3.63, 3.8) is 0 Å². The summed E-state index contributed by atoms with van der Waals surface area (Å²) in [5, 5.41) is 0. The Kier molecular flexibility index (Phi) is 3.23. The van der Waals surface area contributed by atoms with Crippen LogP contribution in [0.2, 0.25) is 0 Å². The highest BCUT2D eigenvalue weighted by Gasteiger charge is 2.12. The molecule has 2 N–H and O–H groups in total. The van der Waals surface area contributed by atoms with Crippen LogP contribution >= 0.6 is 0 Å². The molecular weight excluding hydrogens is 212 g/mol. The third-order valence-corrected chi connectivity index (χ3v) is 2.90. The molecule has 1 aromatic heterocycles. The lowest BCUT2D eigenvalue weighted by atomic mass is 10.1. The molecule has 1 heterocycles. The molecule has 0 aliphatic rings. The first-order valence-electron chi connectivity index (χ1n) is 5.53. The summed E-state index contributed by atoms with van der Waals surface area (Å²) < 4.78 is 0. The van der Waals surface area contributed by atoms with Crippen LogP contribution in [0, 0.1) is 0 Å². The predicted octanol–water partition coefficient (Wildman–Crippen LogP) is 2.26. The highest BCUT2D eigenvalue weighted by atomic mass is 15.2. The van der Waals surface area contributed by atoms with Crippen molar-refractivity contribution in [3.8, 4) is 0 Å². The molecular formula is C13H16N4. The lowest BCUT2D eigenvalue weighted by Crippen LogP contribution is -2.22. The van der Waals surface area contributed by atoms with Crippen LogP contribution in [0.15, 0.2) is 42.9 Å². The molecule has 4 nitrogen and oxygen atoms in total. The topological polar surface area (TPSA) is 55.0 Å². The molecule has 0 fully saturated rings. The molecule has 2 rings (SSSR count). The van der Waals surface area contributed by atoms with Gasteiger partial charge >= 0.3 is 0 Å². The Morgan fingerprint density at radius 2 is 2.12 bits per heavy atom. The summed E-state index contributed by atoms with van der Waals surface area (Å²) in [5.41, 5.74) is 7.75. The van der Waals surface area contributed by atoms with Crippen molar-refractivity contribution in [1.82, 2.24) is 9.97 Å². The van der Waals surface area contributed by atoms with Gasteiger partial charge in [0.15, 0.2) is 0 Å². The van der Waals surface area contributed by atoms with Crippen molar-refractivity contribution < 1.29 is 0 Å². The maximum atomic E-state index is 5.79. The van der Waals surface area contributed by atoms with Gasteiger partial charge in [0, 0.05) is 18.9 Å². The molecule has 0 saturated carbocycles. The monoisotopic (exact) mass is 228 g/mol. The van der Waals surface area contributed by atoms with Gasteiger partial charge in [-0.15, -0.1) is 0 Å². The van der Waals surface area contributed by atoms with Gasteiger partial charge in [0.05, 0.1) is 6.04 Å². The zero-order valence-corrected chi connectivity index (χ0v) is 10.0. The number of nitrogen functional groups attached to an aromatic ring is 1. The number of aromatic nitrogens is 2. The van der Waals surface area contributed by atoms with Crippen LogP contribution in [0.25, 0.3) is 0 Å². The summed E-state index contributed by atoms with van der Waals surface area (Å²) in [7, 11) is 2.01. The van der Waals surface area contributed by atoms with E-state index in [1.807, 2.05) is 31.3 Å². The van der Waals surface area contributed by atoms with Gasteiger partial charge in [0.25, 0.3) is 0 Å². The number of nitrogens with zero attached hydrogens (tertiary/aromatic N) is 3. The average molecular weight is 228 g/mol. The Hall–Kier alpha value is -2.10. The molecule has 2 aromatic rings. The fourth-order valence-corrected chi connectivity index (χ4v) is 1.73. The smallest absolute Gasteiger partial charge is 0.132 e. The van der Waals surface area contributed by atoms with Crippen LogP contribution in [0.1, 0.15) is 18.5 Å². The number of benzene rings is 1. The summed E-state index contributed by atoms with van der Waals surface area (Å²) in [5.74, 6) is 0.898. The Labute approximate surface area is 101 Å². The van der Waals surface area contributed by atoms with Gasteiger partial charge in [-0.05, 0) is 30.7 Å². The predicted molar refractivity (Wildman–Crippen MR) is 69.7 cm³/mol. The van der Waals surface area contributed by atoms with Crippen LogP contribution in [-0.4, -0.2) is 17.0 Å². The van der Waals surface area contributed by atoms with E-state index in [0.717, 1.165) is 11.5 Å². The quantitative estimate of drug-likeness (QED) is 0.819.